The van der Waals surface area contributed by atoms with Crippen molar-refractivity contribution in [3.63, 3.8) is 0 Å². The monoisotopic (exact) mass is 297 g/mol. The molecule has 1 atom stereocenters. The van der Waals surface area contributed by atoms with Crippen LogP contribution < -0.4 is 0 Å². The van der Waals surface area contributed by atoms with Gasteiger partial charge in [-0.15, -0.1) is 0 Å². The fraction of sp³-hybridized carbons (Fsp3) is 0.286. The molecule has 1 aliphatic heterocycles. The highest BCUT2D eigenvalue weighted by Gasteiger charge is 2.41. The van der Waals surface area contributed by atoms with Crippen LogP contribution in [-0.2, 0) is 9.59 Å². The number of amides is 2. The third-order valence-corrected chi connectivity index (χ3v) is 3.86. The lowest BCUT2D eigenvalue weighted by atomic mass is 10.0. The summed E-state index contributed by atoms with van der Waals surface area (Å²) in [6, 6.07) is 9.09. The van der Waals surface area contributed by atoms with Gasteiger partial charge in [0.2, 0.25) is 0 Å². The number of nitrogens with zero attached hydrogens (tertiary/aromatic N) is 1. The number of benzene rings is 1. The third kappa shape index (κ3) is 2.53. The first-order chi connectivity index (χ1) is 9.07. The van der Waals surface area contributed by atoms with E-state index in [0.29, 0.717) is 6.42 Å². The van der Waals surface area contributed by atoms with Gasteiger partial charge in [0.05, 0.1) is 6.04 Å². The van der Waals surface area contributed by atoms with Gasteiger partial charge in [-0.05, 0) is 12.0 Å². The summed E-state index contributed by atoms with van der Waals surface area (Å²) in [4.78, 5) is 25.2. The van der Waals surface area contributed by atoms with Gasteiger partial charge in [0.1, 0.15) is 10.1 Å². The number of carbonyl (C=O) groups is 2. The van der Waals surface area contributed by atoms with E-state index in [1.165, 1.54) is 0 Å². The topological polar surface area (TPSA) is 37.4 Å². The zero-order valence-electron chi connectivity index (χ0n) is 10.4. The second-order valence-electron chi connectivity index (χ2n) is 4.32. The minimum Gasteiger partial charge on any atom is -0.267 e. The lowest BCUT2D eigenvalue weighted by Gasteiger charge is -2.26. The normalized spacial score (nSPS) is 17.3. The quantitative estimate of drug-likeness (QED) is 0.797. The maximum absolute atomic E-state index is 12.0. The largest absolute Gasteiger partial charge is 0.274 e. The van der Waals surface area contributed by atoms with Crippen molar-refractivity contribution in [3.05, 3.63) is 46.0 Å². The SMILES string of the molecule is CCCC(c1ccccc1)N1C(=O)C(Cl)=C(Cl)C1=O. The smallest absolute Gasteiger partial charge is 0.267 e. The number of hydrogen-bond acceptors (Lipinski definition) is 2. The van der Waals surface area contributed by atoms with Gasteiger partial charge in [0.15, 0.2) is 0 Å². The van der Waals surface area contributed by atoms with Gasteiger partial charge in [-0.1, -0.05) is 66.9 Å². The number of imide groups is 1. The third-order valence-electron chi connectivity index (χ3n) is 3.06. The number of rotatable bonds is 4. The fourth-order valence-corrected chi connectivity index (χ4v) is 2.51. The summed E-state index contributed by atoms with van der Waals surface area (Å²) in [5, 5.41) is -0.382. The van der Waals surface area contributed by atoms with Crippen LogP contribution in [0.1, 0.15) is 31.4 Å². The van der Waals surface area contributed by atoms with E-state index in [-0.39, 0.29) is 16.1 Å². The zero-order chi connectivity index (χ0) is 14.0. The Morgan fingerprint density at radius 3 is 2.05 bits per heavy atom. The Morgan fingerprint density at radius 2 is 1.58 bits per heavy atom. The van der Waals surface area contributed by atoms with E-state index in [1.807, 2.05) is 37.3 Å². The van der Waals surface area contributed by atoms with Crippen molar-refractivity contribution in [1.82, 2.24) is 4.90 Å². The lowest BCUT2D eigenvalue weighted by molar-refractivity contribution is -0.140. The Labute approximate surface area is 121 Å². The van der Waals surface area contributed by atoms with Crippen molar-refractivity contribution < 1.29 is 9.59 Å². The molecule has 0 bridgehead atoms. The molecule has 100 valence electrons. The number of halogens is 2. The van der Waals surface area contributed by atoms with Crippen molar-refractivity contribution >= 4 is 35.0 Å². The summed E-state index contributed by atoms with van der Waals surface area (Å²) < 4.78 is 0. The maximum atomic E-state index is 12.0. The Hall–Kier alpha value is -1.32. The second kappa shape index (κ2) is 5.76. The van der Waals surface area contributed by atoms with Gasteiger partial charge >= 0.3 is 0 Å². The van der Waals surface area contributed by atoms with Crippen LogP contribution in [0.5, 0.6) is 0 Å². The highest BCUT2D eigenvalue weighted by molar-refractivity contribution is 6.58. The Bertz CT molecular complexity index is 516. The summed E-state index contributed by atoms with van der Waals surface area (Å²) in [6.45, 7) is 2.00. The Morgan fingerprint density at radius 1 is 1.05 bits per heavy atom. The summed E-state index contributed by atoms with van der Waals surface area (Å²) >= 11 is 11.5. The van der Waals surface area contributed by atoms with E-state index in [0.717, 1.165) is 16.9 Å². The molecule has 0 spiro atoms. The molecule has 2 rings (SSSR count). The fourth-order valence-electron chi connectivity index (χ4n) is 2.17. The Balaban J connectivity index is 2.37. The molecule has 1 aliphatic rings. The molecule has 3 nitrogen and oxygen atoms in total. The number of carbonyl (C=O) groups excluding carboxylic acids is 2. The maximum Gasteiger partial charge on any atom is 0.274 e. The molecule has 5 heteroatoms. The average molecular weight is 298 g/mol. The minimum absolute atomic E-state index is 0.191. The Kier molecular flexibility index (Phi) is 4.27. The molecule has 0 N–H and O–H groups in total. The van der Waals surface area contributed by atoms with Crippen molar-refractivity contribution in [2.45, 2.75) is 25.8 Å². The molecule has 0 saturated heterocycles. The van der Waals surface area contributed by atoms with Crippen LogP contribution in [0.15, 0.2) is 40.4 Å². The summed E-state index contributed by atoms with van der Waals surface area (Å²) in [5.41, 5.74) is 0.905. The van der Waals surface area contributed by atoms with E-state index in [2.05, 4.69) is 0 Å². The first-order valence-electron chi connectivity index (χ1n) is 6.06. The van der Waals surface area contributed by atoms with E-state index in [4.69, 9.17) is 23.2 Å². The van der Waals surface area contributed by atoms with E-state index < -0.39 is 11.8 Å². The van der Waals surface area contributed by atoms with E-state index in [1.54, 1.807) is 0 Å². The van der Waals surface area contributed by atoms with E-state index in [9.17, 15) is 9.59 Å². The average Bonchev–Trinajstić information content (AvgIpc) is 2.62. The number of hydrogen-bond donors (Lipinski definition) is 0. The van der Waals surface area contributed by atoms with Crippen molar-refractivity contribution in [1.29, 1.82) is 0 Å². The molecule has 2 amide bonds. The van der Waals surface area contributed by atoms with Crippen molar-refractivity contribution in [2.24, 2.45) is 0 Å². The summed E-state index contributed by atoms with van der Waals surface area (Å²) in [7, 11) is 0. The standard InChI is InChI=1S/C14H13Cl2NO2/c1-2-6-10(9-7-4-3-5-8-9)17-13(18)11(15)12(16)14(17)19/h3-5,7-8,10H,2,6H2,1H3. The predicted molar refractivity (Wildman–Crippen MR) is 74.7 cm³/mol. The van der Waals surface area contributed by atoms with Crippen LogP contribution in [0.2, 0.25) is 0 Å². The molecule has 1 aromatic rings. The van der Waals surface area contributed by atoms with Gasteiger partial charge in [0, 0.05) is 0 Å². The highest BCUT2D eigenvalue weighted by atomic mass is 35.5. The van der Waals surface area contributed by atoms with Crippen LogP contribution in [0, 0.1) is 0 Å². The molecule has 0 radical (unpaired) electrons. The van der Waals surface area contributed by atoms with Gasteiger partial charge in [-0.2, -0.15) is 0 Å². The predicted octanol–water partition coefficient (Wildman–Crippen LogP) is 3.59. The molecule has 1 aromatic carbocycles. The van der Waals surface area contributed by atoms with Crippen LogP contribution in [0.4, 0.5) is 0 Å². The van der Waals surface area contributed by atoms with Crippen LogP contribution >= 0.6 is 23.2 Å². The summed E-state index contributed by atoms with van der Waals surface area (Å²) in [5.74, 6) is -1.03. The van der Waals surface area contributed by atoms with Crippen molar-refractivity contribution in [2.75, 3.05) is 0 Å². The molecule has 1 unspecified atom stereocenters. The molecular formula is C14H13Cl2NO2. The first-order valence-corrected chi connectivity index (χ1v) is 6.81. The summed E-state index contributed by atoms with van der Waals surface area (Å²) in [6.07, 6.45) is 1.52. The van der Waals surface area contributed by atoms with Gasteiger partial charge in [0.25, 0.3) is 11.8 Å². The van der Waals surface area contributed by atoms with Crippen LogP contribution in [-0.4, -0.2) is 16.7 Å². The molecule has 0 fully saturated rings. The van der Waals surface area contributed by atoms with Gasteiger partial charge < -0.3 is 0 Å². The van der Waals surface area contributed by atoms with Gasteiger partial charge in [-0.3, -0.25) is 14.5 Å². The minimum atomic E-state index is -0.515. The molecule has 0 aliphatic carbocycles. The second-order valence-corrected chi connectivity index (χ2v) is 5.08. The first kappa shape index (κ1) is 14.1. The highest BCUT2D eigenvalue weighted by Crippen LogP contribution is 2.35. The molecular weight excluding hydrogens is 285 g/mol. The zero-order valence-corrected chi connectivity index (χ0v) is 11.9. The van der Waals surface area contributed by atoms with E-state index >= 15 is 0 Å². The van der Waals surface area contributed by atoms with Crippen LogP contribution in [0.3, 0.4) is 0 Å². The van der Waals surface area contributed by atoms with Crippen molar-refractivity contribution in [3.8, 4) is 0 Å². The lowest BCUT2D eigenvalue weighted by Crippen LogP contribution is -2.35. The molecule has 0 saturated carbocycles. The molecule has 1 heterocycles. The van der Waals surface area contributed by atoms with Gasteiger partial charge in [-0.25, -0.2) is 0 Å². The van der Waals surface area contributed by atoms with Crippen LogP contribution in [0.25, 0.3) is 0 Å². The molecule has 0 aromatic heterocycles. The molecule has 19 heavy (non-hydrogen) atoms.